The lowest BCUT2D eigenvalue weighted by molar-refractivity contribution is 0.477. The van der Waals surface area contributed by atoms with Crippen molar-refractivity contribution in [3.8, 4) is 34.1 Å². The zero-order chi connectivity index (χ0) is 20.0. The summed E-state index contributed by atoms with van der Waals surface area (Å²) in [5.41, 5.74) is 2.82. The summed E-state index contributed by atoms with van der Waals surface area (Å²) in [6, 6.07) is 18.1. The number of nitrogens with one attached hydrogen (secondary N) is 1. The van der Waals surface area contributed by atoms with Gasteiger partial charge in [0.05, 0.1) is 23.1 Å². The van der Waals surface area contributed by atoms with Gasteiger partial charge in [0.15, 0.2) is 5.82 Å². The lowest BCUT2D eigenvalue weighted by atomic mass is 10.1. The molecule has 2 aromatic carbocycles. The SMILES string of the molecule is O=c1[nH]c(-c2cnn(-c3ccc(Br)cc3)c2-c2ccccc2O)nn2cccc12. The summed E-state index contributed by atoms with van der Waals surface area (Å²) < 4.78 is 4.19. The van der Waals surface area contributed by atoms with Crippen LogP contribution in [0.4, 0.5) is 0 Å². The molecule has 8 heteroatoms. The van der Waals surface area contributed by atoms with Gasteiger partial charge >= 0.3 is 0 Å². The lowest BCUT2D eigenvalue weighted by Crippen LogP contribution is -2.13. The Hall–Kier alpha value is -3.65. The Balaban J connectivity index is 1.81. The average molecular weight is 448 g/mol. The van der Waals surface area contributed by atoms with E-state index in [0.29, 0.717) is 28.2 Å². The van der Waals surface area contributed by atoms with Crippen LogP contribution in [0.2, 0.25) is 0 Å². The second-order valence-corrected chi connectivity index (χ2v) is 7.37. The molecule has 29 heavy (non-hydrogen) atoms. The summed E-state index contributed by atoms with van der Waals surface area (Å²) in [5.74, 6) is 0.470. The van der Waals surface area contributed by atoms with E-state index >= 15 is 0 Å². The van der Waals surface area contributed by atoms with Gasteiger partial charge in [-0.15, -0.1) is 5.10 Å². The minimum Gasteiger partial charge on any atom is -0.507 e. The molecule has 0 spiro atoms. The largest absolute Gasteiger partial charge is 0.507 e. The topological polar surface area (TPSA) is 88.2 Å². The van der Waals surface area contributed by atoms with Crippen LogP contribution in [0.3, 0.4) is 0 Å². The molecule has 0 atom stereocenters. The number of aromatic nitrogens is 5. The number of aromatic hydroxyl groups is 1. The highest BCUT2D eigenvalue weighted by Gasteiger charge is 2.20. The molecule has 0 saturated carbocycles. The van der Waals surface area contributed by atoms with Crippen LogP contribution in [-0.2, 0) is 0 Å². The first kappa shape index (κ1) is 17.4. The van der Waals surface area contributed by atoms with Gasteiger partial charge in [-0.05, 0) is 48.5 Å². The molecule has 5 rings (SSSR count). The third-order valence-corrected chi connectivity index (χ3v) is 5.18. The van der Waals surface area contributed by atoms with Crippen LogP contribution in [0.5, 0.6) is 5.75 Å². The second kappa shape index (κ2) is 6.75. The van der Waals surface area contributed by atoms with Crippen molar-refractivity contribution < 1.29 is 5.11 Å². The molecule has 0 aliphatic carbocycles. The zero-order valence-corrected chi connectivity index (χ0v) is 16.5. The fourth-order valence-corrected chi connectivity index (χ4v) is 3.56. The van der Waals surface area contributed by atoms with Crippen molar-refractivity contribution in [1.82, 2.24) is 24.4 Å². The summed E-state index contributed by atoms with van der Waals surface area (Å²) in [7, 11) is 0. The van der Waals surface area contributed by atoms with Crippen molar-refractivity contribution in [2.45, 2.75) is 0 Å². The predicted molar refractivity (Wildman–Crippen MR) is 113 cm³/mol. The van der Waals surface area contributed by atoms with Crippen molar-refractivity contribution >= 4 is 21.4 Å². The smallest absolute Gasteiger partial charge is 0.275 e. The van der Waals surface area contributed by atoms with Crippen molar-refractivity contribution in [2.75, 3.05) is 0 Å². The quantitative estimate of drug-likeness (QED) is 0.437. The van der Waals surface area contributed by atoms with Gasteiger partial charge in [0.1, 0.15) is 11.3 Å². The van der Waals surface area contributed by atoms with Gasteiger partial charge in [0.2, 0.25) is 0 Å². The van der Waals surface area contributed by atoms with E-state index in [-0.39, 0.29) is 11.3 Å². The molecular formula is C21H14BrN5O2. The predicted octanol–water partition coefficient (Wildman–Crippen LogP) is 4.01. The number of benzene rings is 2. The van der Waals surface area contributed by atoms with Crippen LogP contribution in [0.15, 0.2) is 82.3 Å². The number of rotatable bonds is 3. The molecule has 0 radical (unpaired) electrons. The van der Waals surface area contributed by atoms with Crippen molar-refractivity contribution in [1.29, 1.82) is 0 Å². The third-order valence-electron chi connectivity index (χ3n) is 4.66. The van der Waals surface area contributed by atoms with Crippen LogP contribution in [0.25, 0.3) is 33.8 Å². The van der Waals surface area contributed by atoms with Crippen LogP contribution in [-0.4, -0.2) is 29.5 Å². The molecule has 5 aromatic rings. The molecule has 3 aromatic heterocycles. The number of hydrogen-bond acceptors (Lipinski definition) is 4. The van der Waals surface area contributed by atoms with Gasteiger partial charge < -0.3 is 10.1 Å². The van der Waals surface area contributed by atoms with Crippen LogP contribution >= 0.6 is 15.9 Å². The highest BCUT2D eigenvalue weighted by Crippen LogP contribution is 2.36. The lowest BCUT2D eigenvalue weighted by Gasteiger charge is -2.11. The Morgan fingerprint density at radius 2 is 1.76 bits per heavy atom. The Morgan fingerprint density at radius 3 is 2.55 bits per heavy atom. The average Bonchev–Trinajstić information content (AvgIpc) is 3.36. The van der Waals surface area contributed by atoms with E-state index in [1.165, 1.54) is 4.52 Å². The molecule has 3 heterocycles. The Labute approximate surface area is 173 Å². The molecule has 0 fully saturated rings. The fourth-order valence-electron chi connectivity index (χ4n) is 3.30. The molecule has 0 amide bonds. The molecule has 7 nitrogen and oxygen atoms in total. The monoisotopic (exact) mass is 447 g/mol. The highest BCUT2D eigenvalue weighted by atomic mass is 79.9. The first-order valence-electron chi connectivity index (χ1n) is 8.82. The Bertz CT molecular complexity index is 1400. The van der Waals surface area contributed by atoms with Crippen molar-refractivity contribution in [3.05, 3.63) is 87.9 Å². The summed E-state index contributed by atoms with van der Waals surface area (Å²) in [4.78, 5) is 15.3. The normalized spacial score (nSPS) is 11.2. The number of halogens is 1. The van der Waals surface area contributed by atoms with E-state index < -0.39 is 0 Å². The summed E-state index contributed by atoms with van der Waals surface area (Å²) in [6.45, 7) is 0. The number of para-hydroxylation sites is 1. The molecule has 142 valence electrons. The standard InChI is InChI=1S/C21H14BrN5O2/c22-13-7-9-14(10-8-13)27-19(15-4-1-2-6-18(15)28)16(12-23-27)20-24-21(29)17-5-3-11-26(17)25-20/h1-12,28H,(H,24,25,29). The zero-order valence-electron chi connectivity index (χ0n) is 15.0. The number of hydrogen-bond donors (Lipinski definition) is 2. The molecule has 0 unspecified atom stereocenters. The molecule has 2 N–H and O–H groups in total. The highest BCUT2D eigenvalue weighted by molar-refractivity contribution is 9.10. The maximum Gasteiger partial charge on any atom is 0.275 e. The minimum absolute atomic E-state index is 0.108. The number of aromatic amines is 1. The van der Waals surface area contributed by atoms with Gasteiger partial charge in [-0.2, -0.15) is 5.10 Å². The number of phenols is 1. The minimum atomic E-state index is -0.250. The van der Waals surface area contributed by atoms with Gasteiger partial charge in [-0.25, -0.2) is 9.20 Å². The first-order valence-corrected chi connectivity index (χ1v) is 9.61. The second-order valence-electron chi connectivity index (χ2n) is 6.45. The molecule has 0 saturated heterocycles. The van der Waals surface area contributed by atoms with E-state index in [9.17, 15) is 9.90 Å². The third kappa shape index (κ3) is 2.94. The Morgan fingerprint density at radius 1 is 0.966 bits per heavy atom. The molecular weight excluding hydrogens is 434 g/mol. The molecule has 0 bridgehead atoms. The summed E-state index contributed by atoms with van der Waals surface area (Å²) >= 11 is 3.44. The molecule has 0 aliphatic heterocycles. The molecule has 0 aliphatic rings. The van der Waals surface area contributed by atoms with Crippen molar-refractivity contribution in [3.63, 3.8) is 0 Å². The Kier molecular flexibility index (Phi) is 4.06. The van der Waals surface area contributed by atoms with Crippen LogP contribution < -0.4 is 5.56 Å². The van der Waals surface area contributed by atoms with Gasteiger partial charge in [0.25, 0.3) is 5.56 Å². The number of nitrogens with zero attached hydrogens (tertiary/aromatic N) is 4. The van der Waals surface area contributed by atoms with Crippen molar-refractivity contribution in [2.24, 2.45) is 0 Å². The number of fused-ring (bicyclic) bond motifs is 1. The summed E-state index contributed by atoms with van der Waals surface area (Å²) in [6.07, 6.45) is 3.35. The van der Waals surface area contributed by atoms with E-state index in [2.05, 4.69) is 31.1 Å². The van der Waals surface area contributed by atoms with E-state index in [4.69, 9.17) is 0 Å². The van der Waals surface area contributed by atoms with E-state index in [1.807, 2.05) is 30.3 Å². The van der Waals surface area contributed by atoms with Gasteiger partial charge in [-0.1, -0.05) is 28.1 Å². The van der Waals surface area contributed by atoms with Gasteiger partial charge in [-0.3, -0.25) is 4.79 Å². The van der Waals surface area contributed by atoms with Crippen LogP contribution in [0, 0.1) is 0 Å². The first-order chi connectivity index (χ1) is 14.1. The van der Waals surface area contributed by atoms with Gasteiger partial charge in [0, 0.05) is 16.2 Å². The maximum absolute atomic E-state index is 12.5. The summed E-state index contributed by atoms with van der Waals surface area (Å²) in [5, 5.41) is 19.6. The fraction of sp³-hybridized carbons (Fsp3) is 0. The number of phenolic OH excluding ortho intramolecular Hbond substituents is 1. The van der Waals surface area contributed by atoms with E-state index in [1.54, 1.807) is 47.4 Å². The van der Waals surface area contributed by atoms with Crippen LogP contribution in [0.1, 0.15) is 0 Å². The van der Waals surface area contributed by atoms with E-state index in [0.717, 1.165) is 10.2 Å². The number of H-pyrrole nitrogens is 1. The maximum atomic E-state index is 12.5.